The Kier molecular flexibility index (Phi) is 6.62. The van der Waals surface area contributed by atoms with E-state index in [2.05, 4.69) is 0 Å². The molecule has 184 valence electrons. The quantitative estimate of drug-likeness (QED) is 0.610. The average molecular weight is 518 g/mol. The van der Waals surface area contributed by atoms with E-state index in [0.29, 0.717) is 35.0 Å². The predicted molar refractivity (Wildman–Crippen MR) is 118 cm³/mol. The van der Waals surface area contributed by atoms with Crippen molar-refractivity contribution >= 4 is 33.2 Å². The molecular formula is C21H22F3N3O5S2. The minimum atomic E-state index is -5.01. The van der Waals surface area contributed by atoms with E-state index >= 15 is 0 Å². The van der Waals surface area contributed by atoms with E-state index in [0.717, 1.165) is 22.5 Å². The molecule has 2 aliphatic heterocycles. The summed E-state index contributed by atoms with van der Waals surface area (Å²) >= 11 is 1.16. The standard InChI is InChI=1S/C21H22F3N3O5S2/c1-32-14-4-2-12(3-5-14)11-27-7-6-13-8-16(17-9-18(28)26-34(17,30)31)33-19(13)15(27)10-25-20(29)21(22,23)24/h2-5,8,15,17H,6-7,9-11H2,1H3,(H,25,29)(H,26,28). The van der Waals surface area contributed by atoms with Gasteiger partial charge in [-0.1, -0.05) is 12.1 Å². The van der Waals surface area contributed by atoms with Crippen LogP contribution < -0.4 is 14.8 Å². The van der Waals surface area contributed by atoms with Crippen molar-refractivity contribution in [3.8, 4) is 5.75 Å². The second-order valence-corrected chi connectivity index (χ2v) is 11.1. The maximum absolute atomic E-state index is 12.8. The maximum atomic E-state index is 12.8. The molecule has 1 aromatic carbocycles. The van der Waals surface area contributed by atoms with Gasteiger partial charge in [0.15, 0.2) is 0 Å². The molecule has 0 bridgehead atoms. The summed E-state index contributed by atoms with van der Waals surface area (Å²) in [7, 11) is -2.31. The molecule has 3 heterocycles. The number of carbonyl (C=O) groups is 2. The van der Waals surface area contributed by atoms with Crippen LogP contribution in [0.1, 0.15) is 38.6 Å². The first-order valence-corrected chi connectivity index (χ1v) is 12.7. The molecule has 13 heteroatoms. The van der Waals surface area contributed by atoms with Gasteiger partial charge in [0.05, 0.1) is 19.6 Å². The van der Waals surface area contributed by atoms with Crippen LogP contribution in [0.5, 0.6) is 5.75 Å². The van der Waals surface area contributed by atoms with Crippen molar-refractivity contribution in [1.82, 2.24) is 14.9 Å². The number of alkyl halides is 3. The molecule has 1 aromatic heterocycles. The SMILES string of the molecule is COc1ccc(CN2CCc3cc(C4CC(=O)NS4(=O)=O)sc3C2CNC(=O)C(F)(F)F)cc1. The Morgan fingerprint density at radius 2 is 2.00 bits per heavy atom. The van der Waals surface area contributed by atoms with Crippen LogP contribution in [0.4, 0.5) is 13.2 Å². The number of sulfonamides is 1. The minimum Gasteiger partial charge on any atom is -0.497 e. The molecule has 2 N–H and O–H groups in total. The number of carbonyl (C=O) groups excluding carboxylic acids is 2. The molecule has 2 amide bonds. The molecule has 34 heavy (non-hydrogen) atoms. The van der Waals surface area contributed by atoms with Crippen molar-refractivity contribution in [1.29, 1.82) is 0 Å². The lowest BCUT2D eigenvalue weighted by molar-refractivity contribution is -0.173. The van der Waals surface area contributed by atoms with Gasteiger partial charge in [-0.05, 0) is 35.7 Å². The lowest BCUT2D eigenvalue weighted by Crippen LogP contribution is -2.44. The first kappa shape index (κ1) is 24.5. The molecule has 0 saturated carbocycles. The average Bonchev–Trinajstić information content (AvgIpc) is 3.31. The van der Waals surface area contributed by atoms with Crippen molar-refractivity contribution in [2.45, 2.75) is 36.9 Å². The number of amides is 2. The maximum Gasteiger partial charge on any atom is 0.471 e. The fraction of sp³-hybridized carbons (Fsp3) is 0.429. The van der Waals surface area contributed by atoms with Gasteiger partial charge < -0.3 is 10.1 Å². The lowest BCUT2D eigenvalue weighted by Gasteiger charge is -2.36. The topological polar surface area (TPSA) is 105 Å². The number of thiophene rings is 1. The summed E-state index contributed by atoms with van der Waals surface area (Å²) in [5, 5.41) is 0.934. The number of hydrogen-bond donors (Lipinski definition) is 2. The van der Waals surface area contributed by atoms with Gasteiger partial charge in [-0.3, -0.25) is 19.2 Å². The third-order valence-electron chi connectivity index (χ3n) is 5.85. The lowest BCUT2D eigenvalue weighted by atomic mass is 9.99. The number of nitrogens with zero attached hydrogens (tertiary/aromatic N) is 1. The van der Waals surface area contributed by atoms with Crippen LogP contribution >= 0.6 is 11.3 Å². The summed E-state index contributed by atoms with van der Waals surface area (Å²) < 4.78 is 70.2. The molecule has 2 aliphatic rings. The van der Waals surface area contributed by atoms with Crippen molar-refractivity contribution in [2.75, 3.05) is 20.2 Å². The molecule has 0 radical (unpaired) electrons. The normalized spacial score (nSPS) is 22.2. The van der Waals surface area contributed by atoms with Gasteiger partial charge in [-0.2, -0.15) is 13.2 Å². The Balaban J connectivity index is 1.63. The van der Waals surface area contributed by atoms with Crippen LogP contribution in [0, 0.1) is 0 Å². The van der Waals surface area contributed by atoms with Crippen LogP contribution in [0.15, 0.2) is 30.3 Å². The molecular weight excluding hydrogens is 495 g/mol. The highest BCUT2D eigenvalue weighted by atomic mass is 32.2. The zero-order valence-corrected chi connectivity index (χ0v) is 19.6. The number of rotatable bonds is 6. The smallest absolute Gasteiger partial charge is 0.471 e. The van der Waals surface area contributed by atoms with Gasteiger partial charge >= 0.3 is 12.1 Å². The first-order chi connectivity index (χ1) is 16.0. The summed E-state index contributed by atoms with van der Waals surface area (Å²) in [6, 6.07) is 8.38. The largest absolute Gasteiger partial charge is 0.497 e. The van der Waals surface area contributed by atoms with Gasteiger partial charge in [-0.25, -0.2) is 8.42 Å². The van der Waals surface area contributed by atoms with E-state index in [1.807, 2.05) is 27.1 Å². The highest BCUT2D eigenvalue weighted by Gasteiger charge is 2.42. The summed E-state index contributed by atoms with van der Waals surface area (Å²) in [5.41, 5.74) is 1.72. The second kappa shape index (κ2) is 9.19. The van der Waals surface area contributed by atoms with E-state index < -0.39 is 39.3 Å². The predicted octanol–water partition coefficient (Wildman–Crippen LogP) is 2.43. The number of benzene rings is 1. The van der Waals surface area contributed by atoms with Crippen LogP contribution in [0.25, 0.3) is 0 Å². The molecule has 0 aliphatic carbocycles. The fourth-order valence-electron chi connectivity index (χ4n) is 4.16. The highest BCUT2D eigenvalue weighted by Crippen LogP contribution is 2.42. The monoisotopic (exact) mass is 517 g/mol. The van der Waals surface area contributed by atoms with Crippen molar-refractivity contribution in [3.05, 3.63) is 51.2 Å². The van der Waals surface area contributed by atoms with Gasteiger partial charge in [0, 0.05) is 29.4 Å². The van der Waals surface area contributed by atoms with E-state index in [4.69, 9.17) is 4.74 Å². The zero-order chi connectivity index (χ0) is 24.7. The van der Waals surface area contributed by atoms with Crippen molar-refractivity contribution < 1.29 is 35.9 Å². The number of fused-ring (bicyclic) bond motifs is 1. The van der Waals surface area contributed by atoms with Gasteiger partial charge in [0.2, 0.25) is 15.9 Å². The molecule has 2 atom stereocenters. The molecule has 1 saturated heterocycles. The van der Waals surface area contributed by atoms with Crippen LogP contribution in [0.3, 0.4) is 0 Å². The molecule has 1 fully saturated rings. The van der Waals surface area contributed by atoms with Crippen molar-refractivity contribution in [3.63, 3.8) is 0 Å². The van der Waals surface area contributed by atoms with E-state index in [1.165, 1.54) is 0 Å². The third kappa shape index (κ3) is 5.05. The van der Waals surface area contributed by atoms with Gasteiger partial charge in [0.1, 0.15) is 11.0 Å². The highest BCUT2D eigenvalue weighted by molar-refractivity contribution is 7.90. The van der Waals surface area contributed by atoms with E-state index in [9.17, 15) is 31.2 Å². The Bertz CT molecular complexity index is 1200. The summed E-state index contributed by atoms with van der Waals surface area (Å²) in [5.74, 6) is -1.96. The fourth-order valence-corrected chi connectivity index (χ4v) is 7.30. The van der Waals surface area contributed by atoms with Crippen LogP contribution in [-0.4, -0.2) is 51.5 Å². The number of hydrogen-bond acceptors (Lipinski definition) is 7. The van der Waals surface area contributed by atoms with Gasteiger partial charge in [0.25, 0.3) is 0 Å². The summed E-state index contributed by atoms with van der Waals surface area (Å²) in [6.07, 6.45) is -4.66. The minimum absolute atomic E-state index is 0.202. The zero-order valence-electron chi connectivity index (χ0n) is 18.0. The molecule has 4 rings (SSSR count). The Labute approximate surface area is 198 Å². The Morgan fingerprint density at radius 3 is 2.59 bits per heavy atom. The summed E-state index contributed by atoms with van der Waals surface area (Å²) in [4.78, 5) is 26.3. The number of nitrogens with one attached hydrogen (secondary N) is 2. The third-order valence-corrected chi connectivity index (χ3v) is 9.07. The van der Waals surface area contributed by atoms with Gasteiger partial charge in [-0.15, -0.1) is 11.3 Å². The number of halogens is 3. The van der Waals surface area contributed by atoms with Crippen molar-refractivity contribution in [2.24, 2.45) is 0 Å². The Hall–Kier alpha value is -2.64. The molecule has 2 unspecified atom stereocenters. The first-order valence-electron chi connectivity index (χ1n) is 10.4. The van der Waals surface area contributed by atoms with Crippen LogP contribution in [0.2, 0.25) is 0 Å². The summed E-state index contributed by atoms with van der Waals surface area (Å²) in [6.45, 7) is 0.609. The van der Waals surface area contributed by atoms with Crippen LogP contribution in [-0.2, 0) is 32.6 Å². The number of methoxy groups -OCH3 is 1. The molecule has 0 spiro atoms. The van der Waals surface area contributed by atoms with E-state index in [1.54, 1.807) is 25.3 Å². The Morgan fingerprint density at radius 1 is 1.29 bits per heavy atom. The van der Waals surface area contributed by atoms with E-state index in [-0.39, 0.29) is 13.0 Å². The number of ether oxygens (including phenoxy) is 1. The molecule has 8 nitrogen and oxygen atoms in total. The second-order valence-electron chi connectivity index (χ2n) is 8.09. The molecule has 2 aromatic rings.